The molecule has 1 atom stereocenters. The standard InChI is InChI=1S/C28H35N3O5/c1-36-25-12-6-5-10-21(25)16-30-17-23(27(34)29-14-13-20-8-3-2-4-9-20)26(33)24(18-30)28(35)31-15-7-11-22(31)19-32/h5-6,8,10,12,17-18,22,32H,2-4,7,9,11,13-16,19H2,1H3,(H,29,34)/t22-/m0/s1. The molecule has 0 radical (unpaired) electrons. The number of allylic oxidation sites excluding steroid dienone is 1. The van der Waals surface area contributed by atoms with Crippen molar-refractivity contribution >= 4 is 11.8 Å². The lowest BCUT2D eigenvalue weighted by Gasteiger charge is -2.23. The lowest BCUT2D eigenvalue weighted by atomic mass is 9.97. The molecule has 4 rings (SSSR count). The van der Waals surface area contributed by atoms with Crippen LogP contribution in [0.15, 0.2) is 53.1 Å². The van der Waals surface area contributed by atoms with Crippen LogP contribution in [0.4, 0.5) is 0 Å². The molecule has 0 spiro atoms. The Bertz CT molecular complexity index is 1190. The van der Waals surface area contributed by atoms with Crippen molar-refractivity contribution in [2.45, 2.75) is 57.5 Å². The number of aromatic nitrogens is 1. The summed E-state index contributed by atoms with van der Waals surface area (Å²) in [5, 5.41) is 12.6. The van der Waals surface area contributed by atoms with Gasteiger partial charge in [-0.05, 0) is 51.0 Å². The van der Waals surface area contributed by atoms with Gasteiger partial charge in [-0.1, -0.05) is 29.8 Å². The second-order valence-corrected chi connectivity index (χ2v) is 9.49. The van der Waals surface area contributed by atoms with E-state index in [0.717, 1.165) is 31.2 Å². The maximum absolute atomic E-state index is 13.4. The molecule has 2 aromatic rings. The van der Waals surface area contributed by atoms with E-state index < -0.39 is 17.2 Å². The molecule has 1 aliphatic carbocycles. The third-order valence-corrected chi connectivity index (χ3v) is 7.07. The van der Waals surface area contributed by atoms with E-state index in [4.69, 9.17) is 4.74 Å². The number of rotatable bonds is 9. The highest BCUT2D eigenvalue weighted by Crippen LogP contribution is 2.22. The van der Waals surface area contributed by atoms with Crippen LogP contribution in [0.5, 0.6) is 5.75 Å². The molecule has 0 bridgehead atoms. The van der Waals surface area contributed by atoms with E-state index in [2.05, 4.69) is 11.4 Å². The zero-order valence-corrected chi connectivity index (χ0v) is 20.9. The molecule has 2 N–H and O–H groups in total. The number of likely N-dealkylation sites (tertiary alicyclic amines) is 1. The molecule has 192 valence electrons. The van der Waals surface area contributed by atoms with Gasteiger partial charge >= 0.3 is 0 Å². The van der Waals surface area contributed by atoms with Crippen LogP contribution in [-0.4, -0.2) is 59.2 Å². The van der Waals surface area contributed by atoms with Crippen LogP contribution in [0.1, 0.15) is 71.2 Å². The number of aliphatic hydroxyl groups is 1. The zero-order chi connectivity index (χ0) is 25.5. The Morgan fingerprint density at radius 2 is 1.94 bits per heavy atom. The van der Waals surface area contributed by atoms with Gasteiger partial charge in [-0.2, -0.15) is 0 Å². The summed E-state index contributed by atoms with van der Waals surface area (Å²) in [6.07, 6.45) is 12.0. The first-order valence-electron chi connectivity index (χ1n) is 12.8. The fraction of sp³-hybridized carbons (Fsp3) is 0.464. The van der Waals surface area contributed by atoms with Gasteiger partial charge in [-0.25, -0.2) is 0 Å². The Morgan fingerprint density at radius 3 is 2.69 bits per heavy atom. The highest BCUT2D eigenvalue weighted by Gasteiger charge is 2.31. The maximum Gasteiger partial charge on any atom is 0.259 e. The van der Waals surface area contributed by atoms with Gasteiger partial charge in [0.15, 0.2) is 0 Å². The molecular weight excluding hydrogens is 458 g/mol. The number of hydrogen-bond donors (Lipinski definition) is 2. The lowest BCUT2D eigenvalue weighted by Crippen LogP contribution is -2.41. The first kappa shape index (κ1) is 25.7. The van der Waals surface area contributed by atoms with Gasteiger partial charge in [0.2, 0.25) is 5.43 Å². The van der Waals surface area contributed by atoms with Gasteiger partial charge < -0.3 is 24.6 Å². The van der Waals surface area contributed by atoms with Crippen LogP contribution < -0.4 is 15.5 Å². The summed E-state index contributed by atoms with van der Waals surface area (Å²) in [5.41, 5.74) is 1.48. The van der Waals surface area contributed by atoms with Crippen LogP contribution in [0.3, 0.4) is 0 Å². The summed E-state index contributed by atoms with van der Waals surface area (Å²) in [4.78, 5) is 41.4. The Morgan fingerprint density at radius 1 is 1.14 bits per heavy atom. The van der Waals surface area contributed by atoms with Crippen molar-refractivity contribution < 1.29 is 19.4 Å². The van der Waals surface area contributed by atoms with Gasteiger partial charge in [0.25, 0.3) is 11.8 Å². The number of amides is 2. The molecule has 2 amide bonds. The quantitative estimate of drug-likeness (QED) is 0.523. The van der Waals surface area contributed by atoms with Crippen LogP contribution in [-0.2, 0) is 6.54 Å². The van der Waals surface area contributed by atoms with Crippen molar-refractivity contribution in [2.75, 3.05) is 26.8 Å². The monoisotopic (exact) mass is 493 g/mol. The molecule has 8 nitrogen and oxygen atoms in total. The Hall–Kier alpha value is -3.39. The molecule has 1 fully saturated rings. The third kappa shape index (κ3) is 5.87. The number of carbonyl (C=O) groups is 2. The van der Waals surface area contributed by atoms with Gasteiger partial charge in [-0.3, -0.25) is 14.4 Å². The molecule has 36 heavy (non-hydrogen) atoms. The summed E-state index contributed by atoms with van der Waals surface area (Å²) in [6, 6.07) is 7.18. The van der Waals surface area contributed by atoms with E-state index in [0.29, 0.717) is 31.8 Å². The number of ether oxygens (including phenoxy) is 1. The van der Waals surface area contributed by atoms with Crippen LogP contribution in [0.25, 0.3) is 0 Å². The van der Waals surface area contributed by atoms with Crippen molar-refractivity contribution in [1.82, 2.24) is 14.8 Å². The molecule has 1 aromatic heterocycles. The summed E-state index contributed by atoms with van der Waals surface area (Å²) in [6.45, 7) is 1.08. The average Bonchev–Trinajstić information content (AvgIpc) is 3.39. The second kappa shape index (κ2) is 12.0. The smallest absolute Gasteiger partial charge is 0.259 e. The van der Waals surface area contributed by atoms with E-state index in [9.17, 15) is 19.5 Å². The summed E-state index contributed by atoms with van der Waals surface area (Å²) < 4.78 is 7.14. The third-order valence-electron chi connectivity index (χ3n) is 7.07. The molecule has 0 saturated carbocycles. The van der Waals surface area contributed by atoms with E-state index in [1.165, 1.54) is 30.8 Å². The van der Waals surface area contributed by atoms with Crippen LogP contribution in [0, 0.1) is 0 Å². The lowest BCUT2D eigenvalue weighted by molar-refractivity contribution is 0.0675. The number of aliphatic hydroxyl groups excluding tert-OH is 1. The minimum atomic E-state index is -0.589. The first-order valence-corrected chi connectivity index (χ1v) is 12.8. The van der Waals surface area contributed by atoms with Gasteiger partial charge in [0.05, 0.1) is 26.3 Å². The number of methoxy groups -OCH3 is 1. The van der Waals surface area contributed by atoms with Gasteiger partial charge in [0, 0.05) is 31.0 Å². The van der Waals surface area contributed by atoms with E-state index >= 15 is 0 Å². The highest BCUT2D eigenvalue weighted by molar-refractivity contribution is 5.99. The number of carbonyl (C=O) groups excluding carboxylic acids is 2. The van der Waals surface area contributed by atoms with Crippen molar-refractivity contribution in [3.8, 4) is 5.75 Å². The predicted octanol–water partition coefficient (Wildman–Crippen LogP) is 3.12. The topological polar surface area (TPSA) is 101 Å². The Balaban J connectivity index is 1.63. The number of pyridine rings is 1. The fourth-order valence-corrected chi connectivity index (χ4v) is 5.08. The summed E-state index contributed by atoms with van der Waals surface area (Å²) in [7, 11) is 1.59. The largest absolute Gasteiger partial charge is 0.496 e. The average molecular weight is 494 g/mol. The van der Waals surface area contributed by atoms with Crippen LogP contribution >= 0.6 is 0 Å². The van der Waals surface area contributed by atoms with Crippen molar-refractivity contribution in [2.24, 2.45) is 0 Å². The summed E-state index contributed by atoms with van der Waals surface area (Å²) >= 11 is 0. The van der Waals surface area contributed by atoms with E-state index in [1.807, 2.05) is 24.3 Å². The Labute approximate surface area is 211 Å². The zero-order valence-electron chi connectivity index (χ0n) is 20.9. The second-order valence-electron chi connectivity index (χ2n) is 9.49. The number of hydrogen-bond acceptors (Lipinski definition) is 5. The number of para-hydroxylation sites is 1. The van der Waals surface area contributed by atoms with Gasteiger partial charge in [0.1, 0.15) is 16.9 Å². The van der Waals surface area contributed by atoms with Gasteiger partial charge in [-0.15, -0.1) is 0 Å². The molecule has 8 heteroatoms. The van der Waals surface area contributed by atoms with Crippen molar-refractivity contribution in [3.05, 3.63) is 75.2 Å². The Kier molecular flexibility index (Phi) is 8.59. The fourth-order valence-electron chi connectivity index (χ4n) is 5.08. The first-order chi connectivity index (χ1) is 17.5. The van der Waals surface area contributed by atoms with Crippen molar-refractivity contribution in [1.29, 1.82) is 0 Å². The van der Waals surface area contributed by atoms with Crippen molar-refractivity contribution in [3.63, 3.8) is 0 Å². The number of nitrogens with zero attached hydrogens (tertiary/aromatic N) is 2. The summed E-state index contributed by atoms with van der Waals surface area (Å²) in [5.74, 6) is -0.261. The molecule has 1 aromatic carbocycles. The molecule has 0 unspecified atom stereocenters. The SMILES string of the molecule is COc1ccccc1Cn1cc(C(=O)NCCC2=CCCCC2)c(=O)c(C(=O)N2CCC[C@H]2CO)c1. The predicted molar refractivity (Wildman–Crippen MR) is 137 cm³/mol. The number of benzene rings is 1. The molecule has 2 heterocycles. The molecule has 1 aliphatic heterocycles. The molecule has 1 saturated heterocycles. The molecular formula is C28H35N3O5. The molecule has 2 aliphatic rings. The number of nitrogens with one attached hydrogen (secondary N) is 1. The minimum absolute atomic E-state index is 0.0619. The maximum atomic E-state index is 13.4. The normalized spacial score (nSPS) is 17.6. The highest BCUT2D eigenvalue weighted by atomic mass is 16.5. The minimum Gasteiger partial charge on any atom is -0.496 e. The van der Waals surface area contributed by atoms with E-state index in [1.54, 1.807) is 16.6 Å². The van der Waals surface area contributed by atoms with E-state index in [-0.39, 0.29) is 23.8 Å². The van der Waals surface area contributed by atoms with Crippen LogP contribution in [0.2, 0.25) is 0 Å².